The lowest BCUT2D eigenvalue weighted by molar-refractivity contribution is 0.0520. The van der Waals surface area contributed by atoms with Crippen LogP contribution in [0.15, 0.2) is 133 Å². The highest BCUT2D eigenvalue weighted by molar-refractivity contribution is 7.91. The number of hydrogen-bond acceptors (Lipinski definition) is 16. The highest BCUT2D eigenvalue weighted by Crippen LogP contribution is 2.35. The SMILES string of the molecule is CCOC(=O)c1c(O)c(Cc2ccc(F)c(F)c2)c2ccc(F)cn2c1=O.CS(=O)(=O)Cc1ccc(N)c(S(N)(=O)=O)c1.CS(=O)(=O)Cc1ccc2c(c1)S(=O)(=O)N=C(c1c(O)c(Cc3ccc(F)c(F)c3)c3ccc(F)cn3c1=O)N2. The Labute approximate surface area is 462 Å². The quantitative estimate of drug-likeness (QED) is 0.0551. The molecule has 8 aromatic rings. The smallest absolute Gasteiger partial charge is 0.347 e. The minimum absolute atomic E-state index is 0.000231. The number of rotatable bonds is 12. The first kappa shape index (κ1) is 61.0. The van der Waals surface area contributed by atoms with Crippen molar-refractivity contribution in [3.8, 4) is 11.5 Å². The molecule has 7 N–H and O–H groups in total. The van der Waals surface area contributed by atoms with Crippen LogP contribution in [0.4, 0.5) is 37.7 Å². The molecule has 5 heterocycles. The topological polar surface area (TPSA) is 323 Å². The molecule has 0 saturated heterocycles. The minimum atomic E-state index is -4.49. The Morgan fingerprint density at radius 2 is 1.12 bits per heavy atom. The lowest BCUT2D eigenvalue weighted by Crippen LogP contribution is -2.31. The third-order valence-corrected chi connectivity index (χ3v) is 15.8. The van der Waals surface area contributed by atoms with E-state index in [1.54, 1.807) is 0 Å². The molecule has 0 fully saturated rings. The highest BCUT2D eigenvalue weighted by Gasteiger charge is 2.32. The van der Waals surface area contributed by atoms with Gasteiger partial charge in [-0.2, -0.15) is 8.42 Å². The van der Waals surface area contributed by atoms with E-state index in [4.69, 9.17) is 15.6 Å². The second-order valence-electron chi connectivity index (χ2n) is 18.2. The Kier molecular flexibility index (Phi) is 17.5. The number of fused-ring (bicyclic) bond motifs is 3. The van der Waals surface area contributed by atoms with E-state index < -0.39 is 126 Å². The molecule has 4 aromatic heterocycles. The number of carbonyl (C=O) groups is 1. The Morgan fingerprint density at radius 3 is 1.61 bits per heavy atom. The number of esters is 1. The first-order valence-electron chi connectivity index (χ1n) is 23.3. The van der Waals surface area contributed by atoms with E-state index in [2.05, 4.69) is 9.71 Å². The van der Waals surface area contributed by atoms with Crippen LogP contribution in [-0.4, -0.2) is 83.6 Å². The van der Waals surface area contributed by atoms with E-state index >= 15 is 0 Å². The number of sulfonamides is 2. The van der Waals surface area contributed by atoms with Crippen LogP contribution in [0.2, 0.25) is 0 Å². The van der Waals surface area contributed by atoms with Gasteiger partial charge >= 0.3 is 5.97 Å². The molecule has 0 amide bonds. The molecule has 30 heteroatoms. The Morgan fingerprint density at radius 1 is 0.646 bits per heavy atom. The zero-order valence-electron chi connectivity index (χ0n) is 42.6. The number of nitrogens with one attached hydrogen (secondary N) is 1. The Hall–Kier alpha value is -8.58. The second kappa shape index (κ2) is 23.5. The van der Waals surface area contributed by atoms with Crippen molar-refractivity contribution in [1.82, 2.24) is 8.80 Å². The third-order valence-electron chi connectivity index (χ3n) is 11.8. The fraction of sp³-hybridized carbons (Fsp3) is 0.154. The Bertz CT molecular complexity index is 4580. The molecule has 432 valence electrons. The van der Waals surface area contributed by atoms with E-state index in [0.717, 1.165) is 76.2 Å². The van der Waals surface area contributed by atoms with Crippen LogP contribution >= 0.6 is 0 Å². The van der Waals surface area contributed by atoms with Crippen molar-refractivity contribution in [3.05, 3.63) is 210 Å². The fourth-order valence-electron chi connectivity index (χ4n) is 8.34. The maximum Gasteiger partial charge on any atom is 0.347 e. The number of hydrogen-bond donors (Lipinski definition) is 5. The molecule has 0 spiro atoms. The number of benzene rings is 4. The van der Waals surface area contributed by atoms with Crippen LogP contribution in [-0.2, 0) is 68.8 Å². The van der Waals surface area contributed by atoms with Gasteiger partial charge in [0, 0.05) is 48.9 Å². The zero-order chi connectivity index (χ0) is 60.6. The molecule has 0 unspecified atom stereocenters. The molecule has 20 nitrogen and oxygen atoms in total. The number of carbonyl (C=O) groups excluding carboxylic acids is 1. The van der Waals surface area contributed by atoms with Crippen LogP contribution in [0.25, 0.3) is 11.0 Å². The largest absolute Gasteiger partial charge is 0.507 e. The van der Waals surface area contributed by atoms with Crippen LogP contribution < -0.4 is 27.3 Å². The summed E-state index contributed by atoms with van der Waals surface area (Å²) in [6.07, 6.45) is 3.38. The van der Waals surface area contributed by atoms with E-state index in [9.17, 15) is 84.6 Å². The summed E-state index contributed by atoms with van der Waals surface area (Å²) in [6, 6.07) is 18.5. The first-order chi connectivity index (χ1) is 38.2. The molecular weight excluding hydrogens is 1170 g/mol. The molecule has 1 aliphatic rings. The molecule has 0 saturated carbocycles. The first-order valence-corrected chi connectivity index (χ1v) is 30.4. The fourth-order valence-corrected chi connectivity index (χ4v) is 11.8. The number of anilines is 2. The number of primary sulfonamides is 1. The second-order valence-corrected chi connectivity index (χ2v) is 25.6. The monoisotopic (exact) mass is 1220 g/mol. The van der Waals surface area contributed by atoms with Gasteiger partial charge in [-0.15, -0.1) is 4.40 Å². The molecule has 9 rings (SSSR count). The standard InChI is InChI=1S/C25H18F3N3O6S2.C19H14F3NO4.C8H12N2O4S2/c1-38(34,35)12-14-3-6-19-21(10-14)39(36,37)30-24(29-19)22-23(32)16(8-13-2-5-17(27)18(28)9-13)20-7-4-15(26)11-31(20)25(22)33;1-2-27-19(26)16-17(24)12(7-10-3-5-13(21)14(22)8-10)15-6-4-11(20)9-23(15)18(16)25;1-15(11,12)5-6-2-3-7(9)8(4-6)16(10,13)14/h2-7,9-11,32H,8,12H2,1H3,(H,29,30);3-6,8-9,24H,2,7H2,1H3;2-4H,5,9H2,1H3,(H2,10,13,14). The lowest BCUT2D eigenvalue weighted by Gasteiger charge is -2.21. The number of nitrogens with zero attached hydrogens (tertiary/aromatic N) is 3. The molecule has 0 atom stereocenters. The van der Waals surface area contributed by atoms with Crippen molar-refractivity contribution >= 4 is 73.9 Å². The summed E-state index contributed by atoms with van der Waals surface area (Å²) in [5.74, 6) is -9.54. The number of aromatic nitrogens is 2. The van der Waals surface area contributed by atoms with Gasteiger partial charge in [-0.3, -0.25) is 18.4 Å². The maximum absolute atomic E-state index is 14.1. The summed E-state index contributed by atoms with van der Waals surface area (Å²) in [4.78, 5) is 37.4. The summed E-state index contributed by atoms with van der Waals surface area (Å²) >= 11 is 0. The van der Waals surface area contributed by atoms with E-state index in [-0.39, 0.29) is 85.2 Å². The summed E-state index contributed by atoms with van der Waals surface area (Å²) in [6.45, 7) is 1.48. The number of amidine groups is 1. The van der Waals surface area contributed by atoms with E-state index in [1.165, 1.54) is 61.5 Å². The van der Waals surface area contributed by atoms with Gasteiger partial charge < -0.3 is 26.0 Å². The predicted octanol–water partition coefficient (Wildman–Crippen LogP) is 5.77. The maximum atomic E-state index is 14.1. The number of pyridine rings is 4. The van der Waals surface area contributed by atoms with Crippen molar-refractivity contribution in [1.29, 1.82) is 0 Å². The average molecular weight is 1220 g/mol. The summed E-state index contributed by atoms with van der Waals surface area (Å²) < 4.78 is 186. The minimum Gasteiger partial charge on any atom is -0.507 e. The van der Waals surface area contributed by atoms with Gasteiger partial charge in [0.2, 0.25) is 10.0 Å². The van der Waals surface area contributed by atoms with Gasteiger partial charge in [0.1, 0.15) is 38.5 Å². The van der Waals surface area contributed by atoms with Gasteiger partial charge in [-0.1, -0.05) is 24.3 Å². The molecule has 0 bridgehead atoms. The van der Waals surface area contributed by atoms with Crippen LogP contribution in [0, 0.1) is 34.9 Å². The number of halogens is 6. The van der Waals surface area contributed by atoms with Crippen molar-refractivity contribution in [3.63, 3.8) is 0 Å². The van der Waals surface area contributed by atoms with Crippen LogP contribution in [0.5, 0.6) is 11.5 Å². The van der Waals surface area contributed by atoms with Gasteiger partial charge in [-0.05, 0) is 102 Å². The number of nitrogen functional groups attached to an aromatic ring is 1. The van der Waals surface area contributed by atoms with Crippen LogP contribution in [0.3, 0.4) is 0 Å². The average Bonchev–Trinajstić information content (AvgIpc) is 1.47. The molecule has 82 heavy (non-hydrogen) atoms. The van der Waals surface area contributed by atoms with Gasteiger partial charge in [0.15, 0.2) is 54.3 Å². The van der Waals surface area contributed by atoms with Crippen molar-refractivity contribution in [2.45, 2.75) is 41.1 Å². The van der Waals surface area contributed by atoms with Gasteiger partial charge in [0.05, 0.1) is 40.5 Å². The van der Waals surface area contributed by atoms with Gasteiger partial charge in [-0.25, -0.2) is 61.5 Å². The van der Waals surface area contributed by atoms with Crippen LogP contribution in [0.1, 0.15) is 56.2 Å². The van der Waals surface area contributed by atoms with E-state index in [0.29, 0.717) is 5.56 Å². The summed E-state index contributed by atoms with van der Waals surface area (Å²) in [5.41, 5.74) is 3.41. The van der Waals surface area contributed by atoms with Crippen molar-refractivity contribution < 1.29 is 79.8 Å². The number of sulfone groups is 2. The van der Waals surface area contributed by atoms with Gasteiger partial charge in [0.25, 0.3) is 21.1 Å². The molecule has 0 radical (unpaired) electrons. The van der Waals surface area contributed by atoms with Crippen molar-refractivity contribution in [2.75, 3.05) is 30.2 Å². The normalized spacial score (nSPS) is 13.0. The zero-order valence-corrected chi connectivity index (χ0v) is 45.9. The van der Waals surface area contributed by atoms with Crippen molar-refractivity contribution in [2.24, 2.45) is 9.54 Å². The van der Waals surface area contributed by atoms with E-state index in [1.807, 2.05) is 0 Å². The lowest BCUT2D eigenvalue weighted by atomic mass is 10.00. The third kappa shape index (κ3) is 13.9. The molecule has 4 aromatic carbocycles. The predicted molar refractivity (Wildman–Crippen MR) is 288 cm³/mol. The number of aromatic hydroxyl groups is 2. The summed E-state index contributed by atoms with van der Waals surface area (Å²) in [5, 5.41) is 29.4. The number of nitrogens with two attached hydrogens (primary N) is 2. The number of ether oxygens (including phenoxy) is 1. The molecule has 1 aliphatic heterocycles. The molecule has 0 aliphatic carbocycles. The summed E-state index contributed by atoms with van der Waals surface area (Å²) in [7, 11) is -15.1. The highest BCUT2D eigenvalue weighted by atomic mass is 32.2. The molecular formula is C52H44F6N6O14S4. The Balaban J connectivity index is 0.000000195.